The molecule has 0 saturated carbocycles. The topological polar surface area (TPSA) is 70.4 Å². The molecule has 1 heterocycles. The normalized spacial score (nSPS) is 13.6. The number of halogens is 1. The van der Waals surface area contributed by atoms with Crippen molar-refractivity contribution in [1.82, 2.24) is 4.98 Å². The zero-order valence-corrected chi connectivity index (χ0v) is 8.44. The van der Waals surface area contributed by atoms with Crippen molar-refractivity contribution < 1.29 is 19.4 Å². The van der Waals surface area contributed by atoms with Crippen molar-refractivity contribution in [2.75, 3.05) is 0 Å². The van der Waals surface area contributed by atoms with Crippen LogP contribution >= 0.6 is 0 Å². The van der Waals surface area contributed by atoms with Gasteiger partial charge in [0.15, 0.2) is 6.10 Å². The second-order valence-corrected chi connectivity index (χ2v) is 3.80. The summed E-state index contributed by atoms with van der Waals surface area (Å²) in [6, 6.07) is 2.91. The van der Waals surface area contributed by atoms with Gasteiger partial charge in [-0.2, -0.15) is 4.39 Å². The quantitative estimate of drug-likeness (QED) is 0.733. The first-order valence-electron chi connectivity index (χ1n) is 4.39. The minimum Gasteiger partial charge on any atom is -0.479 e. The van der Waals surface area contributed by atoms with Crippen LogP contribution in [0.2, 0.25) is 0 Å². The third-order valence-electron chi connectivity index (χ3n) is 2.37. The van der Waals surface area contributed by atoms with Gasteiger partial charge in [0.2, 0.25) is 5.95 Å². The van der Waals surface area contributed by atoms with E-state index in [4.69, 9.17) is 5.11 Å². The molecule has 0 aliphatic carbocycles. The molecule has 5 heteroatoms. The molecule has 1 unspecified atom stereocenters. The monoisotopic (exact) mass is 213 g/mol. The number of nitrogens with zero attached hydrogens (tertiary/aromatic N) is 1. The Hall–Kier alpha value is -1.49. The first kappa shape index (κ1) is 11.6. The van der Waals surface area contributed by atoms with Crippen LogP contribution < -0.4 is 0 Å². The first-order chi connectivity index (χ1) is 6.87. The Morgan fingerprint density at radius 2 is 2.20 bits per heavy atom. The molecule has 0 aliphatic rings. The van der Waals surface area contributed by atoms with Gasteiger partial charge in [-0.1, -0.05) is 19.9 Å². The fourth-order valence-corrected chi connectivity index (χ4v) is 1.32. The summed E-state index contributed by atoms with van der Waals surface area (Å²) in [7, 11) is 0. The van der Waals surface area contributed by atoms with Gasteiger partial charge in [0.25, 0.3) is 0 Å². The number of aliphatic hydroxyl groups excluding tert-OH is 1. The van der Waals surface area contributed by atoms with Crippen LogP contribution in [0.15, 0.2) is 18.3 Å². The molecular weight excluding hydrogens is 201 g/mol. The second-order valence-electron chi connectivity index (χ2n) is 3.80. The van der Waals surface area contributed by atoms with Gasteiger partial charge in [-0.15, -0.1) is 0 Å². The van der Waals surface area contributed by atoms with Crippen LogP contribution in [0.3, 0.4) is 0 Å². The summed E-state index contributed by atoms with van der Waals surface area (Å²) in [6.45, 7) is 2.90. The van der Waals surface area contributed by atoms with Gasteiger partial charge in [-0.05, 0) is 6.07 Å². The predicted molar refractivity (Wildman–Crippen MR) is 50.9 cm³/mol. The summed E-state index contributed by atoms with van der Waals surface area (Å²) in [5, 5.41) is 18.1. The van der Waals surface area contributed by atoms with Gasteiger partial charge in [0.05, 0.1) is 0 Å². The molecule has 0 saturated heterocycles. The standard InChI is InChI=1S/C10H12FNO3/c1-10(2,7(13)9(14)15)6-4-3-5-12-8(6)11/h3-5,7,13H,1-2H3,(H,14,15). The van der Waals surface area contributed by atoms with E-state index >= 15 is 0 Å². The van der Waals surface area contributed by atoms with E-state index in [2.05, 4.69) is 4.98 Å². The van der Waals surface area contributed by atoms with Gasteiger partial charge < -0.3 is 10.2 Å². The lowest BCUT2D eigenvalue weighted by molar-refractivity contribution is -0.150. The number of carbonyl (C=O) groups is 1. The second kappa shape index (κ2) is 3.94. The molecule has 0 aliphatic heterocycles. The smallest absolute Gasteiger partial charge is 0.333 e. The highest BCUT2D eigenvalue weighted by atomic mass is 19.1. The third kappa shape index (κ3) is 2.12. The first-order valence-corrected chi connectivity index (χ1v) is 4.39. The highest BCUT2D eigenvalue weighted by Gasteiger charge is 2.37. The van der Waals surface area contributed by atoms with Crippen molar-refractivity contribution in [1.29, 1.82) is 0 Å². The number of carboxylic acids is 1. The molecule has 1 aromatic rings. The van der Waals surface area contributed by atoms with E-state index in [9.17, 15) is 14.3 Å². The zero-order chi connectivity index (χ0) is 11.6. The fourth-order valence-electron chi connectivity index (χ4n) is 1.32. The molecule has 4 nitrogen and oxygen atoms in total. The Kier molecular flexibility index (Phi) is 3.04. The Bertz CT molecular complexity index is 379. The van der Waals surface area contributed by atoms with Gasteiger partial charge in [0.1, 0.15) is 0 Å². The highest BCUT2D eigenvalue weighted by molar-refractivity contribution is 5.74. The summed E-state index contributed by atoms with van der Waals surface area (Å²) in [6.07, 6.45) is -0.404. The maximum Gasteiger partial charge on any atom is 0.333 e. The van der Waals surface area contributed by atoms with Crippen LogP contribution in [0.4, 0.5) is 4.39 Å². The van der Waals surface area contributed by atoms with Crippen LogP contribution in [0.1, 0.15) is 19.4 Å². The Labute approximate surface area is 86.4 Å². The summed E-state index contributed by atoms with van der Waals surface area (Å²) >= 11 is 0. The molecule has 0 amide bonds. The largest absolute Gasteiger partial charge is 0.479 e. The van der Waals surface area contributed by atoms with E-state index in [1.165, 1.54) is 32.2 Å². The minimum atomic E-state index is -1.67. The molecule has 0 aromatic carbocycles. The van der Waals surface area contributed by atoms with Crippen molar-refractivity contribution in [3.05, 3.63) is 29.8 Å². The Morgan fingerprint density at radius 3 is 2.67 bits per heavy atom. The average molecular weight is 213 g/mol. The number of hydrogen-bond donors (Lipinski definition) is 2. The molecule has 0 bridgehead atoms. The number of pyridine rings is 1. The Morgan fingerprint density at radius 1 is 1.60 bits per heavy atom. The van der Waals surface area contributed by atoms with Crippen molar-refractivity contribution in [2.45, 2.75) is 25.4 Å². The number of aliphatic hydroxyl groups is 1. The van der Waals surface area contributed by atoms with Gasteiger partial charge in [-0.25, -0.2) is 9.78 Å². The van der Waals surface area contributed by atoms with E-state index < -0.39 is 23.4 Å². The summed E-state index contributed by atoms with van der Waals surface area (Å²) in [4.78, 5) is 14.1. The molecule has 2 N–H and O–H groups in total. The molecule has 1 aromatic heterocycles. The van der Waals surface area contributed by atoms with Crippen molar-refractivity contribution >= 4 is 5.97 Å². The number of rotatable bonds is 3. The van der Waals surface area contributed by atoms with E-state index in [0.717, 1.165) is 0 Å². The van der Waals surface area contributed by atoms with Crippen molar-refractivity contribution in [3.63, 3.8) is 0 Å². The SMILES string of the molecule is CC(C)(c1cccnc1F)C(O)C(=O)O. The van der Waals surface area contributed by atoms with Gasteiger partial charge >= 0.3 is 5.97 Å². The van der Waals surface area contributed by atoms with Gasteiger partial charge in [-0.3, -0.25) is 0 Å². The summed E-state index contributed by atoms with van der Waals surface area (Å²) in [5.74, 6) is -2.15. The number of carboxylic acid groups (broad SMARTS) is 1. The third-order valence-corrected chi connectivity index (χ3v) is 2.37. The maximum atomic E-state index is 13.3. The molecule has 0 spiro atoms. The van der Waals surface area contributed by atoms with E-state index in [1.807, 2.05) is 0 Å². The molecule has 15 heavy (non-hydrogen) atoms. The number of hydrogen-bond acceptors (Lipinski definition) is 3. The summed E-state index contributed by atoms with van der Waals surface area (Å²) < 4.78 is 13.3. The van der Waals surface area contributed by atoms with Gasteiger partial charge in [0, 0.05) is 17.2 Å². The number of aliphatic carboxylic acids is 1. The van der Waals surface area contributed by atoms with E-state index in [1.54, 1.807) is 0 Å². The van der Waals surface area contributed by atoms with Crippen LogP contribution in [0.25, 0.3) is 0 Å². The summed E-state index contributed by atoms with van der Waals surface area (Å²) in [5.41, 5.74) is -1.13. The van der Waals surface area contributed by atoms with Crippen molar-refractivity contribution in [2.24, 2.45) is 0 Å². The van der Waals surface area contributed by atoms with Crippen LogP contribution in [-0.4, -0.2) is 27.3 Å². The fraction of sp³-hybridized carbons (Fsp3) is 0.400. The van der Waals surface area contributed by atoms with E-state index in [0.29, 0.717) is 0 Å². The number of aromatic nitrogens is 1. The molecule has 1 atom stereocenters. The Balaban J connectivity index is 3.16. The van der Waals surface area contributed by atoms with Crippen molar-refractivity contribution in [3.8, 4) is 0 Å². The molecule has 0 radical (unpaired) electrons. The van der Waals surface area contributed by atoms with Crippen LogP contribution in [0.5, 0.6) is 0 Å². The molecular formula is C10H12FNO3. The molecule has 1 rings (SSSR count). The van der Waals surface area contributed by atoms with Crippen LogP contribution in [-0.2, 0) is 10.2 Å². The highest BCUT2D eigenvalue weighted by Crippen LogP contribution is 2.28. The zero-order valence-electron chi connectivity index (χ0n) is 8.44. The van der Waals surface area contributed by atoms with Crippen LogP contribution in [0, 0.1) is 5.95 Å². The lowest BCUT2D eigenvalue weighted by Crippen LogP contribution is -2.40. The average Bonchev–Trinajstić information content (AvgIpc) is 2.16. The minimum absolute atomic E-state index is 0.0832. The molecule has 82 valence electrons. The molecule has 0 fully saturated rings. The lowest BCUT2D eigenvalue weighted by atomic mass is 9.80. The predicted octanol–water partition coefficient (Wildman–Crippen LogP) is 0.944. The maximum absolute atomic E-state index is 13.3. The van der Waals surface area contributed by atoms with E-state index in [-0.39, 0.29) is 5.56 Å². The lowest BCUT2D eigenvalue weighted by Gasteiger charge is -2.27.